The number of furan rings is 1. The molecule has 1 N–H and O–H groups in total. The second-order valence-corrected chi connectivity index (χ2v) is 4.27. The van der Waals surface area contributed by atoms with Gasteiger partial charge in [-0.05, 0) is 18.1 Å². The Morgan fingerprint density at radius 2 is 1.94 bits per heavy atom. The van der Waals surface area contributed by atoms with Crippen LogP contribution in [-0.2, 0) is 0 Å². The van der Waals surface area contributed by atoms with E-state index in [-0.39, 0.29) is 5.92 Å². The number of aliphatic hydroxyl groups is 1. The molecule has 1 heterocycles. The summed E-state index contributed by atoms with van der Waals surface area (Å²) in [6.07, 6.45) is 7.72. The van der Waals surface area contributed by atoms with E-state index in [1.165, 1.54) is 0 Å². The van der Waals surface area contributed by atoms with Crippen LogP contribution in [0.25, 0.3) is 0 Å². The molecule has 0 aliphatic carbocycles. The van der Waals surface area contributed by atoms with Crippen molar-refractivity contribution in [1.29, 1.82) is 0 Å². The minimum absolute atomic E-state index is 0.0382. The number of hydrogen-bond donors (Lipinski definition) is 1. The van der Waals surface area contributed by atoms with E-state index >= 15 is 0 Å². The molecule has 0 saturated heterocycles. The van der Waals surface area contributed by atoms with Crippen LogP contribution in [0.1, 0.15) is 36.5 Å². The number of aliphatic hydroxyl groups excluding tert-OH is 1. The molecule has 0 spiro atoms. The summed E-state index contributed by atoms with van der Waals surface area (Å²) >= 11 is 0. The van der Waals surface area contributed by atoms with Crippen molar-refractivity contribution < 1.29 is 9.52 Å². The Morgan fingerprint density at radius 3 is 2.56 bits per heavy atom. The molecule has 1 aromatic heterocycles. The van der Waals surface area contributed by atoms with Gasteiger partial charge in [0.05, 0.1) is 18.6 Å². The maximum atomic E-state index is 10.4. The molecule has 0 saturated carbocycles. The lowest BCUT2D eigenvalue weighted by Gasteiger charge is -2.19. The second kappa shape index (κ2) is 6.22. The van der Waals surface area contributed by atoms with Gasteiger partial charge in [0.25, 0.3) is 0 Å². The maximum Gasteiger partial charge on any atom is 0.0960 e. The molecule has 94 valence electrons. The summed E-state index contributed by atoms with van der Waals surface area (Å²) in [6, 6.07) is 11.8. The SMILES string of the molecule is CC/C=C/[C@H](c1ccccc1)[C@H](O)c1ccoc1. The number of benzene rings is 1. The highest BCUT2D eigenvalue weighted by atomic mass is 16.3. The quantitative estimate of drug-likeness (QED) is 0.802. The molecule has 2 aromatic rings. The molecule has 1 aromatic carbocycles. The van der Waals surface area contributed by atoms with Crippen molar-refractivity contribution in [2.75, 3.05) is 0 Å². The van der Waals surface area contributed by atoms with Gasteiger partial charge in [0, 0.05) is 11.5 Å². The number of allylic oxidation sites excluding steroid dienone is 1. The highest BCUT2D eigenvalue weighted by Crippen LogP contribution is 2.32. The van der Waals surface area contributed by atoms with Crippen molar-refractivity contribution in [3.8, 4) is 0 Å². The Kier molecular flexibility index (Phi) is 4.37. The normalized spacial score (nSPS) is 14.8. The summed E-state index contributed by atoms with van der Waals surface area (Å²) in [7, 11) is 0. The second-order valence-electron chi connectivity index (χ2n) is 4.27. The van der Waals surface area contributed by atoms with E-state index in [1.54, 1.807) is 18.6 Å². The van der Waals surface area contributed by atoms with Crippen molar-refractivity contribution in [3.05, 3.63) is 72.2 Å². The molecule has 2 heteroatoms. The third-order valence-electron chi connectivity index (χ3n) is 2.99. The van der Waals surface area contributed by atoms with Crippen molar-refractivity contribution in [2.24, 2.45) is 0 Å². The summed E-state index contributed by atoms with van der Waals surface area (Å²) in [5.41, 5.74) is 1.92. The predicted molar refractivity (Wildman–Crippen MR) is 72.3 cm³/mol. The van der Waals surface area contributed by atoms with Gasteiger partial charge in [-0.3, -0.25) is 0 Å². The standard InChI is InChI=1S/C16H18O2/c1-2-3-9-15(13-7-5-4-6-8-13)16(17)14-10-11-18-12-14/h3-12,15-17H,2H2,1H3/b9-3+/t15-,16-/m1/s1. The van der Waals surface area contributed by atoms with Crippen molar-refractivity contribution in [3.63, 3.8) is 0 Å². The van der Waals surface area contributed by atoms with Crippen LogP contribution in [0, 0.1) is 0 Å². The molecule has 0 fully saturated rings. The molecule has 0 unspecified atom stereocenters. The van der Waals surface area contributed by atoms with Crippen LogP contribution in [0.4, 0.5) is 0 Å². The third kappa shape index (κ3) is 2.90. The lowest BCUT2D eigenvalue weighted by atomic mass is 9.90. The van der Waals surface area contributed by atoms with Gasteiger partial charge < -0.3 is 9.52 Å². The summed E-state index contributed by atoms with van der Waals surface area (Å²) < 4.78 is 5.04. The highest BCUT2D eigenvalue weighted by Gasteiger charge is 2.20. The van der Waals surface area contributed by atoms with Crippen LogP contribution >= 0.6 is 0 Å². The van der Waals surface area contributed by atoms with Crippen LogP contribution < -0.4 is 0 Å². The maximum absolute atomic E-state index is 10.4. The van der Waals surface area contributed by atoms with Gasteiger partial charge in [-0.1, -0.05) is 49.4 Å². The van der Waals surface area contributed by atoms with Crippen molar-refractivity contribution in [1.82, 2.24) is 0 Å². The first-order valence-electron chi connectivity index (χ1n) is 6.24. The Morgan fingerprint density at radius 1 is 1.17 bits per heavy atom. The van der Waals surface area contributed by atoms with Gasteiger partial charge in [0.15, 0.2) is 0 Å². The van der Waals surface area contributed by atoms with Crippen LogP contribution in [-0.4, -0.2) is 5.11 Å². The van der Waals surface area contributed by atoms with Crippen LogP contribution in [0.3, 0.4) is 0 Å². The summed E-state index contributed by atoms with van der Waals surface area (Å²) in [6.45, 7) is 2.09. The van der Waals surface area contributed by atoms with Gasteiger partial charge in [0.1, 0.15) is 0 Å². The van der Waals surface area contributed by atoms with Gasteiger partial charge in [-0.2, -0.15) is 0 Å². The fraction of sp³-hybridized carbons (Fsp3) is 0.250. The van der Waals surface area contributed by atoms with Crippen LogP contribution in [0.2, 0.25) is 0 Å². The zero-order valence-corrected chi connectivity index (χ0v) is 10.5. The fourth-order valence-electron chi connectivity index (χ4n) is 2.01. The van der Waals surface area contributed by atoms with E-state index in [4.69, 9.17) is 4.42 Å². The first-order chi connectivity index (χ1) is 8.83. The van der Waals surface area contributed by atoms with Gasteiger partial charge in [-0.25, -0.2) is 0 Å². The molecule has 0 aliphatic rings. The van der Waals surface area contributed by atoms with Crippen molar-refractivity contribution >= 4 is 0 Å². The van der Waals surface area contributed by atoms with Gasteiger partial charge in [0.2, 0.25) is 0 Å². The minimum atomic E-state index is -0.575. The van der Waals surface area contributed by atoms with E-state index < -0.39 is 6.10 Å². The largest absolute Gasteiger partial charge is 0.472 e. The zero-order valence-electron chi connectivity index (χ0n) is 10.5. The van der Waals surface area contributed by atoms with Crippen molar-refractivity contribution in [2.45, 2.75) is 25.4 Å². The lowest BCUT2D eigenvalue weighted by Crippen LogP contribution is -2.08. The van der Waals surface area contributed by atoms with Gasteiger partial charge >= 0.3 is 0 Å². The molecular weight excluding hydrogens is 224 g/mol. The summed E-state index contributed by atoms with van der Waals surface area (Å²) in [5, 5.41) is 10.4. The molecule has 0 amide bonds. The zero-order chi connectivity index (χ0) is 12.8. The Bertz CT molecular complexity index is 471. The van der Waals surface area contributed by atoms with Crippen LogP contribution in [0.15, 0.2) is 65.5 Å². The Balaban J connectivity index is 2.28. The third-order valence-corrected chi connectivity index (χ3v) is 2.99. The molecular formula is C16H18O2. The van der Waals surface area contributed by atoms with E-state index in [2.05, 4.69) is 19.1 Å². The van der Waals surface area contributed by atoms with E-state index in [0.717, 1.165) is 17.5 Å². The molecule has 2 nitrogen and oxygen atoms in total. The molecule has 0 radical (unpaired) electrons. The number of rotatable bonds is 5. The fourth-order valence-corrected chi connectivity index (χ4v) is 2.01. The summed E-state index contributed by atoms with van der Waals surface area (Å²) in [4.78, 5) is 0. The lowest BCUT2D eigenvalue weighted by molar-refractivity contribution is 0.161. The molecule has 2 atom stereocenters. The molecule has 18 heavy (non-hydrogen) atoms. The average molecular weight is 242 g/mol. The monoisotopic (exact) mass is 242 g/mol. The van der Waals surface area contributed by atoms with E-state index in [1.807, 2.05) is 30.3 Å². The highest BCUT2D eigenvalue weighted by molar-refractivity contribution is 5.28. The van der Waals surface area contributed by atoms with E-state index in [0.29, 0.717) is 0 Å². The molecule has 0 aliphatic heterocycles. The molecule has 0 bridgehead atoms. The first kappa shape index (κ1) is 12.7. The Labute approximate surface area is 108 Å². The average Bonchev–Trinajstić information content (AvgIpc) is 2.94. The van der Waals surface area contributed by atoms with E-state index in [9.17, 15) is 5.11 Å². The first-order valence-corrected chi connectivity index (χ1v) is 6.24. The van der Waals surface area contributed by atoms with Gasteiger partial charge in [-0.15, -0.1) is 0 Å². The Hall–Kier alpha value is -1.80. The molecule has 2 rings (SSSR count). The number of hydrogen-bond acceptors (Lipinski definition) is 2. The predicted octanol–water partition coefficient (Wildman–Crippen LogP) is 4.06. The minimum Gasteiger partial charge on any atom is -0.472 e. The topological polar surface area (TPSA) is 33.4 Å². The summed E-state index contributed by atoms with van der Waals surface area (Å²) in [5.74, 6) is -0.0382. The smallest absolute Gasteiger partial charge is 0.0960 e. The van der Waals surface area contributed by atoms with Crippen LogP contribution in [0.5, 0.6) is 0 Å².